The number of carbonyl (C=O) groups excluding carboxylic acids is 2. The minimum atomic E-state index is -0.198. The summed E-state index contributed by atoms with van der Waals surface area (Å²) in [6.45, 7) is 0.530. The molecule has 2 amide bonds. The first-order valence-corrected chi connectivity index (χ1v) is 10.4. The molecule has 2 aliphatic rings. The lowest BCUT2D eigenvalue weighted by Crippen LogP contribution is -2.46. The number of rotatable bonds is 5. The average Bonchev–Trinajstić information content (AvgIpc) is 3.47. The molecule has 2 aromatic rings. The Morgan fingerprint density at radius 2 is 1.93 bits per heavy atom. The quantitative estimate of drug-likeness (QED) is 0.629. The van der Waals surface area contributed by atoms with Gasteiger partial charge >= 0.3 is 0 Å². The van der Waals surface area contributed by atoms with Gasteiger partial charge in [-0.2, -0.15) is 0 Å². The lowest BCUT2D eigenvalue weighted by Gasteiger charge is -2.31. The molecular weight excluding hydrogens is 476 g/mol. The Bertz CT molecular complexity index is 899. The standard InChI is InChI=1S/C20H18Br2N2O3/c21-14-3-1-2-13(8-14)10-23(16-5-6-16)19(25)11-24-17-7-4-15(22)9-18(17)27-12-20(24)26/h1-4,7-9,16H,5-6,10-12H2. The van der Waals surface area contributed by atoms with Crippen LogP contribution in [-0.4, -0.2) is 35.9 Å². The van der Waals surface area contributed by atoms with Gasteiger partial charge in [0.15, 0.2) is 6.61 Å². The van der Waals surface area contributed by atoms with Crippen LogP contribution in [0.15, 0.2) is 51.4 Å². The molecule has 0 bridgehead atoms. The number of benzene rings is 2. The van der Waals surface area contributed by atoms with Gasteiger partial charge in [0.2, 0.25) is 5.91 Å². The largest absolute Gasteiger partial charge is 0.482 e. The molecule has 0 N–H and O–H groups in total. The maximum Gasteiger partial charge on any atom is 0.265 e. The lowest BCUT2D eigenvalue weighted by atomic mass is 10.2. The molecular formula is C20H18Br2N2O3. The van der Waals surface area contributed by atoms with Gasteiger partial charge in [-0.1, -0.05) is 44.0 Å². The van der Waals surface area contributed by atoms with E-state index >= 15 is 0 Å². The number of amides is 2. The molecule has 2 aromatic carbocycles. The van der Waals surface area contributed by atoms with E-state index in [9.17, 15) is 9.59 Å². The second kappa shape index (κ2) is 7.64. The summed E-state index contributed by atoms with van der Waals surface area (Å²) in [7, 11) is 0. The zero-order chi connectivity index (χ0) is 19.0. The van der Waals surface area contributed by atoms with E-state index in [2.05, 4.69) is 31.9 Å². The van der Waals surface area contributed by atoms with Crippen molar-refractivity contribution in [2.45, 2.75) is 25.4 Å². The molecule has 5 nitrogen and oxygen atoms in total. The zero-order valence-electron chi connectivity index (χ0n) is 14.5. The topological polar surface area (TPSA) is 49.9 Å². The van der Waals surface area contributed by atoms with Crippen LogP contribution in [0.2, 0.25) is 0 Å². The van der Waals surface area contributed by atoms with Crippen molar-refractivity contribution < 1.29 is 14.3 Å². The second-order valence-electron chi connectivity index (χ2n) is 6.76. The van der Waals surface area contributed by atoms with E-state index in [1.807, 2.05) is 41.3 Å². The molecule has 0 unspecified atom stereocenters. The van der Waals surface area contributed by atoms with Gasteiger partial charge in [-0.05, 0) is 48.7 Å². The Balaban J connectivity index is 1.54. The number of hydrogen-bond donors (Lipinski definition) is 0. The van der Waals surface area contributed by atoms with Crippen LogP contribution in [0.25, 0.3) is 0 Å². The van der Waals surface area contributed by atoms with Gasteiger partial charge < -0.3 is 9.64 Å². The Labute approximate surface area is 174 Å². The van der Waals surface area contributed by atoms with E-state index < -0.39 is 0 Å². The Morgan fingerprint density at radius 1 is 1.15 bits per heavy atom. The van der Waals surface area contributed by atoms with Crippen molar-refractivity contribution in [2.24, 2.45) is 0 Å². The fraction of sp³-hybridized carbons (Fsp3) is 0.300. The number of nitrogens with zero attached hydrogens (tertiary/aromatic N) is 2. The SMILES string of the molecule is O=C1COc2cc(Br)ccc2N1CC(=O)N(Cc1cccc(Br)c1)C1CC1. The van der Waals surface area contributed by atoms with E-state index in [4.69, 9.17) is 4.74 Å². The molecule has 0 aromatic heterocycles. The zero-order valence-corrected chi connectivity index (χ0v) is 17.7. The molecule has 1 saturated carbocycles. The third-order valence-electron chi connectivity index (χ3n) is 4.71. The van der Waals surface area contributed by atoms with E-state index in [0.29, 0.717) is 18.0 Å². The first-order chi connectivity index (χ1) is 13.0. The van der Waals surface area contributed by atoms with Gasteiger partial charge in [-0.25, -0.2) is 0 Å². The van der Waals surface area contributed by atoms with Crippen molar-refractivity contribution in [3.05, 3.63) is 57.0 Å². The van der Waals surface area contributed by atoms with Crippen LogP contribution in [0.3, 0.4) is 0 Å². The van der Waals surface area contributed by atoms with Crippen LogP contribution in [0.1, 0.15) is 18.4 Å². The smallest absolute Gasteiger partial charge is 0.265 e. The molecule has 0 spiro atoms. The number of carbonyl (C=O) groups is 2. The first-order valence-electron chi connectivity index (χ1n) is 8.78. The third-order valence-corrected chi connectivity index (χ3v) is 5.69. The van der Waals surface area contributed by atoms with Crippen molar-refractivity contribution in [3.63, 3.8) is 0 Å². The van der Waals surface area contributed by atoms with E-state index in [0.717, 1.165) is 27.4 Å². The van der Waals surface area contributed by atoms with Gasteiger partial charge in [0.25, 0.3) is 5.91 Å². The van der Waals surface area contributed by atoms with E-state index in [1.54, 1.807) is 6.07 Å². The maximum absolute atomic E-state index is 13.1. The number of ether oxygens (including phenoxy) is 1. The third kappa shape index (κ3) is 4.19. The Hall–Kier alpha value is -1.86. The summed E-state index contributed by atoms with van der Waals surface area (Å²) in [5.74, 6) is 0.375. The number of anilines is 1. The summed E-state index contributed by atoms with van der Waals surface area (Å²) in [6, 6.07) is 13.7. The minimum Gasteiger partial charge on any atom is -0.482 e. The summed E-state index contributed by atoms with van der Waals surface area (Å²) < 4.78 is 7.37. The van der Waals surface area contributed by atoms with Gasteiger partial charge in [0.05, 0.1) is 5.69 Å². The molecule has 140 valence electrons. The molecule has 4 rings (SSSR count). The fourth-order valence-electron chi connectivity index (χ4n) is 3.22. The molecule has 1 heterocycles. The number of hydrogen-bond acceptors (Lipinski definition) is 3. The number of halogens is 2. The van der Waals surface area contributed by atoms with Crippen molar-refractivity contribution >= 4 is 49.4 Å². The molecule has 1 aliphatic carbocycles. The fourth-order valence-corrected chi connectivity index (χ4v) is 4.00. The minimum absolute atomic E-state index is 0.0291. The van der Waals surface area contributed by atoms with Crippen molar-refractivity contribution in [1.82, 2.24) is 4.90 Å². The van der Waals surface area contributed by atoms with Crippen LogP contribution in [0.5, 0.6) is 5.75 Å². The monoisotopic (exact) mass is 492 g/mol. The molecule has 27 heavy (non-hydrogen) atoms. The van der Waals surface area contributed by atoms with Crippen molar-refractivity contribution in [2.75, 3.05) is 18.1 Å². The van der Waals surface area contributed by atoms with E-state index in [1.165, 1.54) is 4.90 Å². The number of fused-ring (bicyclic) bond motifs is 1. The van der Waals surface area contributed by atoms with E-state index in [-0.39, 0.29) is 31.0 Å². The summed E-state index contributed by atoms with van der Waals surface area (Å²) in [5.41, 5.74) is 1.71. The summed E-state index contributed by atoms with van der Waals surface area (Å²) >= 11 is 6.89. The van der Waals surface area contributed by atoms with Crippen molar-refractivity contribution in [1.29, 1.82) is 0 Å². The van der Waals surface area contributed by atoms with Gasteiger partial charge in [-0.3, -0.25) is 14.5 Å². The molecule has 7 heteroatoms. The highest BCUT2D eigenvalue weighted by atomic mass is 79.9. The predicted molar refractivity (Wildman–Crippen MR) is 110 cm³/mol. The summed E-state index contributed by atoms with van der Waals surface area (Å²) in [4.78, 5) is 28.9. The highest BCUT2D eigenvalue weighted by Gasteiger charge is 2.35. The van der Waals surface area contributed by atoms with Gasteiger partial charge in [-0.15, -0.1) is 0 Å². The van der Waals surface area contributed by atoms with Gasteiger partial charge in [0, 0.05) is 21.5 Å². The Morgan fingerprint density at radius 3 is 2.67 bits per heavy atom. The highest BCUT2D eigenvalue weighted by molar-refractivity contribution is 9.10. The summed E-state index contributed by atoms with van der Waals surface area (Å²) in [6.07, 6.45) is 2.03. The molecule has 1 aliphatic heterocycles. The predicted octanol–water partition coefficient (Wildman–Crippen LogP) is 4.13. The maximum atomic E-state index is 13.1. The second-order valence-corrected chi connectivity index (χ2v) is 8.59. The molecule has 0 radical (unpaired) electrons. The van der Waals surface area contributed by atoms with Crippen LogP contribution in [0.4, 0.5) is 5.69 Å². The highest BCUT2D eigenvalue weighted by Crippen LogP contribution is 2.35. The van der Waals surface area contributed by atoms with Crippen molar-refractivity contribution in [3.8, 4) is 5.75 Å². The molecule has 0 saturated heterocycles. The van der Waals surface area contributed by atoms with Gasteiger partial charge in [0.1, 0.15) is 12.3 Å². The lowest BCUT2D eigenvalue weighted by molar-refractivity contribution is -0.133. The average molecular weight is 494 g/mol. The van der Waals surface area contributed by atoms with Crippen LogP contribution in [-0.2, 0) is 16.1 Å². The molecule has 0 atom stereocenters. The normalized spacial score (nSPS) is 15.9. The molecule has 1 fully saturated rings. The summed E-state index contributed by atoms with van der Waals surface area (Å²) in [5, 5.41) is 0. The Kier molecular flexibility index (Phi) is 5.23. The van der Waals surface area contributed by atoms with Crippen LogP contribution < -0.4 is 9.64 Å². The van der Waals surface area contributed by atoms with Crippen LogP contribution >= 0.6 is 31.9 Å². The van der Waals surface area contributed by atoms with Crippen LogP contribution in [0, 0.1) is 0 Å². The first kappa shape index (κ1) is 18.5.